The molecule has 2 aromatic carbocycles. The van der Waals surface area contributed by atoms with Crippen molar-refractivity contribution in [1.82, 2.24) is 20.2 Å². The van der Waals surface area contributed by atoms with Gasteiger partial charge in [-0.2, -0.15) is 4.68 Å². The third kappa shape index (κ3) is 3.41. The van der Waals surface area contributed by atoms with Crippen LogP contribution in [0.15, 0.2) is 59.8 Å². The molecule has 1 aliphatic heterocycles. The molecule has 0 bridgehead atoms. The van der Waals surface area contributed by atoms with Gasteiger partial charge in [-0.1, -0.05) is 41.0 Å². The second-order valence-corrected chi connectivity index (χ2v) is 6.80. The van der Waals surface area contributed by atoms with Crippen LogP contribution in [0.3, 0.4) is 0 Å². The summed E-state index contributed by atoms with van der Waals surface area (Å²) in [5.41, 5.74) is 8.43. The van der Waals surface area contributed by atoms with E-state index >= 15 is 0 Å². The van der Waals surface area contributed by atoms with Gasteiger partial charge in [-0.3, -0.25) is 4.79 Å². The summed E-state index contributed by atoms with van der Waals surface area (Å²) >= 11 is 5.91. The Kier molecular flexibility index (Phi) is 4.70. The highest BCUT2D eigenvalue weighted by atomic mass is 35.5. The number of primary amides is 1. The number of ether oxygens (including phenoxy) is 1. The third-order valence-electron chi connectivity index (χ3n) is 4.47. The minimum absolute atomic E-state index is 0.389. The number of halogens is 1. The monoisotopic (exact) mass is 396 g/mol. The molecule has 142 valence electrons. The number of nitrogens with zero attached hydrogens (tertiary/aromatic N) is 4. The van der Waals surface area contributed by atoms with E-state index < -0.39 is 11.9 Å². The first-order chi connectivity index (χ1) is 13.5. The molecule has 0 saturated heterocycles. The molecule has 9 heteroatoms. The molecule has 3 aromatic rings. The zero-order valence-electron chi connectivity index (χ0n) is 15.0. The van der Waals surface area contributed by atoms with Crippen LogP contribution in [0.2, 0.25) is 5.02 Å². The third-order valence-corrected chi connectivity index (χ3v) is 4.72. The molecule has 0 fully saturated rings. The van der Waals surface area contributed by atoms with Crippen molar-refractivity contribution in [2.45, 2.75) is 19.6 Å². The first-order valence-corrected chi connectivity index (χ1v) is 8.93. The Hall–Kier alpha value is -3.39. The van der Waals surface area contributed by atoms with Crippen LogP contribution in [-0.4, -0.2) is 26.1 Å². The Morgan fingerprint density at radius 3 is 2.82 bits per heavy atom. The molecule has 1 amide bonds. The van der Waals surface area contributed by atoms with Crippen LogP contribution in [0, 0.1) is 0 Å². The number of benzene rings is 2. The van der Waals surface area contributed by atoms with Crippen LogP contribution in [-0.2, 0) is 11.4 Å². The molecule has 8 nitrogen and oxygen atoms in total. The molecule has 2 heterocycles. The van der Waals surface area contributed by atoms with Gasteiger partial charge in [-0.05, 0) is 52.7 Å². The van der Waals surface area contributed by atoms with Gasteiger partial charge >= 0.3 is 0 Å². The van der Waals surface area contributed by atoms with E-state index in [0.717, 1.165) is 11.1 Å². The van der Waals surface area contributed by atoms with E-state index in [1.807, 2.05) is 48.5 Å². The number of nitrogens with one attached hydrogen (secondary N) is 1. The Morgan fingerprint density at radius 1 is 1.29 bits per heavy atom. The predicted octanol–water partition coefficient (Wildman–Crippen LogP) is 2.68. The lowest BCUT2D eigenvalue weighted by Crippen LogP contribution is -2.31. The highest BCUT2D eigenvalue weighted by molar-refractivity contribution is 6.30. The summed E-state index contributed by atoms with van der Waals surface area (Å²) in [5.74, 6) is 0.561. The summed E-state index contributed by atoms with van der Waals surface area (Å²) < 4.78 is 7.44. The van der Waals surface area contributed by atoms with E-state index in [9.17, 15) is 4.79 Å². The van der Waals surface area contributed by atoms with Crippen molar-refractivity contribution in [2.24, 2.45) is 5.73 Å². The molecule has 1 atom stereocenters. The Labute approximate surface area is 165 Å². The quantitative estimate of drug-likeness (QED) is 0.686. The number of fused-ring (bicyclic) bond motifs is 1. The lowest BCUT2D eigenvalue weighted by molar-refractivity contribution is -0.115. The molecular weight excluding hydrogens is 380 g/mol. The fourth-order valence-electron chi connectivity index (χ4n) is 3.16. The maximum Gasteiger partial charge on any atom is 0.248 e. The molecule has 4 rings (SSSR count). The standard InChI is InChI=1S/C19H17ClN6O2/c1-11-16(18(21)27)17(26-19(22-11)23-24-25-26)13-3-2-4-15(9-13)28-10-12-5-7-14(20)8-6-12/h2-9,17H,10H2,1H3,(H2,21,27)(H,22,23,25). The number of carbonyl (C=O) groups is 1. The number of rotatable bonds is 5. The molecule has 0 radical (unpaired) electrons. The number of hydrogen-bond donors (Lipinski definition) is 2. The van der Waals surface area contributed by atoms with E-state index in [4.69, 9.17) is 22.1 Å². The topological polar surface area (TPSA) is 108 Å². The molecule has 1 unspecified atom stereocenters. The van der Waals surface area contributed by atoms with E-state index in [-0.39, 0.29) is 0 Å². The van der Waals surface area contributed by atoms with E-state index in [2.05, 4.69) is 20.8 Å². The fourth-order valence-corrected chi connectivity index (χ4v) is 3.29. The number of tetrazole rings is 1. The van der Waals surface area contributed by atoms with Gasteiger partial charge in [0.1, 0.15) is 18.4 Å². The first-order valence-electron chi connectivity index (χ1n) is 8.55. The molecule has 0 saturated carbocycles. The SMILES string of the molecule is CC1=C(C(N)=O)C(c2cccc(OCc3ccc(Cl)cc3)c2)n2nnnc2N1. The number of amides is 1. The summed E-state index contributed by atoms with van der Waals surface area (Å²) in [6, 6.07) is 14.3. The van der Waals surface area contributed by atoms with E-state index in [0.29, 0.717) is 34.6 Å². The number of anilines is 1. The smallest absolute Gasteiger partial charge is 0.248 e. The van der Waals surface area contributed by atoms with Crippen LogP contribution in [0.25, 0.3) is 0 Å². The Bertz CT molecular complexity index is 1060. The Morgan fingerprint density at radius 2 is 2.07 bits per heavy atom. The van der Waals surface area contributed by atoms with Gasteiger partial charge in [0.15, 0.2) is 0 Å². The maximum atomic E-state index is 12.1. The van der Waals surface area contributed by atoms with Crippen molar-refractivity contribution < 1.29 is 9.53 Å². The van der Waals surface area contributed by atoms with Crippen LogP contribution >= 0.6 is 11.6 Å². The number of carbonyl (C=O) groups excluding carboxylic acids is 1. The van der Waals surface area contributed by atoms with Gasteiger partial charge in [0.05, 0.1) is 5.57 Å². The number of allylic oxidation sites excluding steroid dienone is 1. The number of hydrogen-bond acceptors (Lipinski definition) is 6. The molecule has 0 aliphatic carbocycles. The van der Waals surface area contributed by atoms with Crippen LogP contribution in [0.5, 0.6) is 5.75 Å². The molecule has 0 spiro atoms. The minimum atomic E-state index is -0.539. The summed E-state index contributed by atoms with van der Waals surface area (Å²) in [4.78, 5) is 12.1. The zero-order chi connectivity index (χ0) is 19.7. The van der Waals surface area contributed by atoms with Gasteiger partial charge in [0, 0.05) is 10.7 Å². The maximum absolute atomic E-state index is 12.1. The lowest BCUT2D eigenvalue weighted by atomic mass is 9.95. The molecule has 3 N–H and O–H groups in total. The Balaban J connectivity index is 1.64. The van der Waals surface area contributed by atoms with Crippen LogP contribution in [0.1, 0.15) is 24.1 Å². The normalized spacial score (nSPS) is 15.7. The van der Waals surface area contributed by atoms with Crippen molar-refractivity contribution in [3.8, 4) is 5.75 Å². The summed E-state index contributed by atoms with van der Waals surface area (Å²) in [6.45, 7) is 2.16. The molecular formula is C19H17ClN6O2. The largest absolute Gasteiger partial charge is 0.489 e. The number of nitrogens with two attached hydrogens (primary N) is 1. The first kappa shape index (κ1) is 18.0. The highest BCUT2D eigenvalue weighted by Gasteiger charge is 2.33. The van der Waals surface area contributed by atoms with Crippen LogP contribution < -0.4 is 15.8 Å². The highest BCUT2D eigenvalue weighted by Crippen LogP contribution is 2.35. The fraction of sp³-hybridized carbons (Fsp3) is 0.158. The number of aromatic nitrogens is 4. The van der Waals surface area contributed by atoms with Crippen molar-refractivity contribution in [1.29, 1.82) is 0 Å². The van der Waals surface area contributed by atoms with Crippen molar-refractivity contribution in [2.75, 3.05) is 5.32 Å². The average Bonchev–Trinajstić information content (AvgIpc) is 3.14. The summed E-state index contributed by atoms with van der Waals surface area (Å²) in [7, 11) is 0. The second-order valence-electron chi connectivity index (χ2n) is 6.37. The van der Waals surface area contributed by atoms with Crippen LogP contribution in [0.4, 0.5) is 5.95 Å². The van der Waals surface area contributed by atoms with Gasteiger partial charge in [0.25, 0.3) is 0 Å². The van der Waals surface area contributed by atoms with Crippen molar-refractivity contribution in [3.05, 3.63) is 76.0 Å². The minimum Gasteiger partial charge on any atom is -0.489 e. The summed E-state index contributed by atoms with van der Waals surface area (Å²) in [5, 5.41) is 15.3. The molecule has 1 aromatic heterocycles. The molecule has 1 aliphatic rings. The van der Waals surface area contributed by atoms with E-state index in [1.165, 1.54) is 4.68 Å². The average molecular weight is 397 g/mol. The van der Waals surface area contributed by atoms with Gasteiger partial charge in [-0.15, -0.1) is 0 Å². The zero-order valence-corrected chi connectivity index (χ0v) is 15.7. The van der Waals surface area contributed by atoms with Gasteiger partial charge < -0.3 is 15.8 Å². The molecule has 28 heavy (non-hydrogen) atoms. The second kappa shape index (κ2) is 7.32. The van der Waals surface area contributed by atoms with Gasteiger partial charge in [0.2, 0.25) is 11.9 Å². The summed E-state index contributed by atoms with van der Waals surface area (Å²) in [6.07, 6.45) is 0. The lowest BCUT2D eigenvalue weighted by Gasteiger charge is -2.27. The van der Waals surface area contributed by atoms with Crippen molar-refractivity contribution >= 4 is 23.5 Å². The van der Waals surface area contributed by atoms with E-state index in [1.54, 1.807) is 6.92 Å². The predicted molar refractivity (Wildman–Crippen MR) is 104 cm³/mol. The van der Waals surface area contributed by atoms with Gasteiger partial charge in [-0.25, -0.2) is 0 Å². The van der Waals surface area contributed by atoms with Crippen molar-refractivity contribution in [3.63, 3.8) is 0 Å².